The Hall–Kier alpha value is -2.15. The molecule has 0 aliphatic carbocycles. The van der Waals surface area contributed by atoms with Gasteiger partial charge in [0.2, 0.25) is 0 Å². The van der Waals surface area contributed by atoms with Crippen LogP contribution in [0, 0.1) is 17.3 Å². The first-order valence-corrected chi connectivity index (χ1v) is 8.51. The molecule has 1 aromatic rings. The van der Waals surface area contributed by atoms with Crippen LogP contribution in [-0.2, 0) is 9.53 Å². The van der Waals surface area contributed by atoms with E-state index in [2.05, 4.69) is 24.1 Å². The highest BCUT2D eigenvalue weighted by Crippen LogP contribution is 2.26. The quantitative estimate of drug-likeness (QED) is 0.439. The van der Waals surface area contributed by atoms with Crippen molar-refractivity contribution in [2.24, 2.45) is 5.41 Å². The van der Waals surface area contributed by atoms with Crippen LogP contribution < -0.4 is 10.1 Å². The standard InChI is InChI=1S/C20H29NO3/c1-6-8-9-10-11-18(20(3,4)19(22)24-7-2)21-16-12-14-17(23-5)15-13-16/h12-15,18,21H,6-9H2,1-5H3. The van der Waals surface area contributed by atoms with Gasteiger partial charge in [-0.25, -0.2) is 0 Å². The number of hydrogen-bond acceptors (Lipinski definition) is 4. The van der Waals surface area contributed by atoms with E-state index in [1.807, 2.05) is 45.0 Å². The summed E-state index contributed by atoms with van der Waals surface area (Å²) in [5.74, 6) is 6.94. The molecule has 0 amide bonds. The summed E-state index contributed by atoms with van der Waals surface area (Å²) >= 11 is 0. The van der Waals surface area contributed by atoms with E-state index >= 15 is 0 Å². The van der Waals surface area contributed by atoms with Crippen LogP contribution in [0.15, 0.2) is 24.3 Å². The average Bonchev–Trinajstić information content (AvgIpc) is 2.58. The number of hydrogen-bond donors (Lipinski definition) is 1. The van der Waals surface area contributed by atoms with Gasteiger partial charge in [0.05, 0.1) is 19.1 Å². The summed E-state index contributed by atoms with van der Waals surface area (Å²) in [4.78, 5) is 12.3. The molecule has 0 fully saturated rings. The molecule has 132 valence electrons. The molecule has 0 aromatic heterocycles. The maximum Gasteiger partial charge on any atom is 0.314 e. The Bertz CT molecular complexity index is 567. The highest BCUT2D eigenvalue weighted by atomic mass is 16.5. The monoisotopic (exact) mass is 331 g/mol. The molecule has 1 rings (SSSR count). The van der Waals surface area contributed by atoms with Crippen molar-refractivity contribution < 1.29 is 14.3 Å². The molecule has 1 unspecified atom stereocenters. The number of carbonyl (C=O) groups is 1. The smallest absolute Gasteiger partial charge is 0.314 e. The van der Waals surface area contributed by atoms with Crippen LogP contribution in [0.4, 0.5) is 5.69 Å². The number of methoxy groups -OCH3 is 1. The first-order valence-electron chi connectivity index (χ1n) is 8.51. The van der Waals surface area contributed by atoms with E-state index in [1.165, 1.54) is 0 Å². The second-order valence-electron chi connectivity index (χ2n) is 6.17. The zero-order valence-electron chi connectivity index (χ0n) is 15.4. The van der Waals surface area contributed by atoms with Gasteiger partial charge in [-0.1, -0.05) is 19.3 Å². The summed E-state index contributed by atoms with van der Waals surface area (Å²) in [5, 5.41) is 3.36. The molecule has 4 heteroatoms. The summed E-state index contributed by atoms with van der Waals surface area (Å²) in [5.41, 5.74) is 0.137. The van der Waals surface area contributed by atoms with Gasteiger partial charge in [-0.15, -0.1) is 5.92 Å². The molecular weight excluding hydrogens is 302 g/mol. The van der Waals surface area contributed by atoms with Crippen LogP contribution in [0.5, 0.6) is 5.75 Å². The first-order chi connectivity index (χ1) is 11.5. The third-order valence-electron chi connectivity index (χ3n) is 3.83. The van der Waals surface area contributed by atoms with Crippen molar-refractivity contribution >= 4 is 11.7 Å². The van der Waals surface area contributed by atoms with Crippen molar-refractivity contribution in [1.29, 1.82) is 0 Å². The summed E-state index contributed by atoms with van der Waals surface area (Å²) in [6, 6.07) is 7.26. The molecule has 0 saturated heterocycles. The molecule has 0 aliphatic heterocycles. The van der Waals surface area contributed by atoms with E-state index in [0.29, 0.717) is 6.61 Å². The minimum atomic E-state index is -0.755. The minimum absolute atomic E-state index is 0.249. The highest BCUT2D eigenvalue weighted by Gasteiger charge is 2.37. The number of carbonyl (C=O) groups excluding carboxylic acids is 1. The molecule has 0 heterocycles. The van der Waals surface area contributed by atoms with Gasteiger partial charge >= 0.3 is 5.97 Å². The van der Waals surface area contributed by atoms with Crippen LogP contribution >= 0.6 is 0 Å². The van der Waals surface area contributed by atoms with Gasteiger partial charge < -0.3 is 14.8 Å². The normalized spacial score (nSPS) is 11.9. The fourth-order valence-corrected chi connectivity index (χ4v) is 2.13. The van der Waals surface area contributed by atoms with E-state index in [1.54, 1.807) is 7.11 Å². The Morgan fingerprint density at radius 3 is 2.46 bits per heavy atom. The number of benzene rings is 1. The molecule has 4 nitrogen and oxygen atoms in total. The number of nitrogens with one attached hydrogen (secondary N) is 1. The number of esters is 1. The van der Waals surface area contributed by atoms with E-state index in [4.69, 9.17) is 9.47 Å². The van der Waals surface area contributed by atoms with Gasteiger partial charge in [0.1, 0.15) is 11.8 Å². The van der Waals surface area contributed by atoms with Crippen molar-refractivity contribution in [2.45, 2.75) is 53.0 Å². The molecule has 1 atom stereocenters. The van der Waals surface area contributed by atoms with E-state index < -0.39 is 5.41 Å². The maximum atomic E-state index is 12.3. The maximum absolute atomic E-state index is 12.3. The van der Waals surface area contributed by atoms with Gasteiger partial charge in [0.25, 0.3) is 0 Å². The number of ether oxygens (including phenoxy) is 2. The zero-order chi connectivity index (χ0) is 18.0. The largest absolute Gasteiger partial charge is 0.497 e. The fourth-order valence-electron chi connectivity index (χ4n) is 2.13. The Kier molecular flexibility index (Phi) is 8.18. The molecule has 0 radical (unpaired) electrons. The lowest BCUT2D eigenvalue weighted by molar-refractivity contribution is -0.153. The van der Waals surface area contributed by atoms with Crippen LogP contribution in [-0.4, -0.2) is 25.7 Å². The highest BCUT2D eigenvalue weighted by molar-refractivity contribution is 5.78. The van der Waals surface area contributed by atoms with Gasteiger partial charge in [0.15, 0.2) is 0 Å². The van der Waals surface area contributed by atoms with Crippen LogP contribution in [0.1, 0.15) is 47.0 Å². The number of rotatable bonds is 8. The molecular formula is C20H29NO3. The lowest BCUT2D eigenvalue weighted by atomic mass is 9.84. The lowest BCUT2D eigenvalue weighted by Crippen LogP contribution is -2.42. The van der Waals surface area contributed by atoms with Crippen LogP contribution in [0.3, 0.4) is 0 Å². The number of anilines is 1. The third-order valence-corrected chi connectivity index (χ3v) is 3.83. The average molecular weight is 331 g/mol. The van der Waals surface area contributed by atoms with Crippen molar-refractivity contribution in [3.8, 4) is 17.6 Å². The first kappa shape index (κ1) is 19.9. The fraction of sp³-hybridized carbons (Fsp3) is 0.550. The third kappa shape index (κ3) is 5.81. The summed E-state index contributed by atoms with van der Waals surface area (Å²) in [6.45, 7) is 8.03. The van der Waals surface area contributed by atoms with Gasteiger partial charge in [-0.2, -0.15) is 0 Å². The van der Waals surface area contributed by atoms with Crippen LogP contribution in [0.2, 0.25) is 0 Å². The second kappa shape index (κ2) is 9.87. The Morgan fingerprint density at radius 1 is 1.25 bits per heavy atom. The van der Waals surface area contributed by atoms with Crippen molar-refractivity contribution in [2.75, 3.05) is 19.0 Å². The van der Waals surface area contributed by atoms with E-state index in [9.17, 15) is 4.79 Å². The predicted molar refractivity (Wildman–Crippen MR) is 98.1 cm³/mol. The molecule has 0 spiro atoms. The van der Waals surface area contributed by atoms with Crippen molar-refractivity contribution in [1.82, 2.24) is 0 Å². The molecule has 0 bridgehead atoms. The topological polar surface area (TPSA) is 47.6 Å². The molecule has 1 aromatic carbocycles. The van der Waals surface area contributed by atoms with Gasteiger partial charge in [-0.3, -0.25) is 4.79 Å². The number of unbranched alkanes of at least 4 members (excludes halogenated alkanes) is 2. The second-order valence-corrected chi connectivity index (χ2v) is 6.17. The summed E-state index contributed by atoms with van der Waals surface area (Å²) < 4.78 is 10.4. The molecule has 24 heavy (non-hydrogen) atoms. The van der Waals surface area contributed by atoms with Gasteiger partial charge in [-0.05, 0) is 51.5 Å². The van der Waals surface area contributed by atoms with Crippen molar-refractivity contribution in [3.63, 3.8) is 0 Å². The zero-order valence-corrected chi connectivity index (χ0v) is 15.4. The lowest BCUT2D eigenvalue weighted by Gasteiger charge is -2.30. The van der Waals surface area contributed by atoms with Gasteiger partial charge in [0, 0.05) is 12.1 Å². The SMILES string of the molecule is CCCCC#CC(Nc1ccc(OC)cc1)C(C)(C)C(=O)OCC. The Balaban J connectivity index is 2.98. The summed E-state index contributed by atoms with van der Waals surface area (Å²) in [6.07, 6.45) is 2.99. The Morgan fingerprint density at radius 2 is 1.92 bits per heavy atom. The summed E-state index contributed by atoms with van der Waals surface area (Å²) in [7, 11) is 1.63. The molecule has 0 aliphatic rings. The Labute approximate surface area is 145 Å². The molecule has 0 saturated carbocycles. The van der Waals surface area contributed by atoms with Crippen molar-refractivity contribution in [3.05, 3.63) is 24.3 Å². The van der Waals surface area contributed by atoms with E-state index in [0.717, 1.165) is 30.7 Å². The van der Waals surface area contributed by atoms with E-state index in [-0.39, 0.29) is 12.0 Å². The van der Waals surface area contributed by atoms with Crippen LogP contribution in [0.25, 0.3) is 0 Å². The molecule has 1 N–H and O–H groups in total. The predicted octanol–water partition coefficient (Wildman–Crippen LogP) is 4.26. The minimum Gasteiger partial charge on any atom is -0.497 e.